The fourth-order valence-electron chi connectivity index (χ4n) is 0.464. The van der Waals surface area contributed by atoms with E-state index in [9.17, 15) is 13.6 Å². The van der Waals surface area contributed by atoms with Crippen LogP contribution >= 0.6 is 0 Å². The molecule has 0 rings (SSSR count). The van der Waals surface area contributed by atoms with Crippen LogP contribution in [0.15, 0.2) is 12.2 Å². The second-order valence-electron chi connectivity index (χ2n) is 2.82. The summed E-state index contributed by atoms with van der Waals surface area (Å²) in [6.45, 7) is 6.73. The molecule has 0 aromatic carbocycles. The normalized spacial score (nSPS) is 11.5. The molecule has 0 spiro atoms. The molecule has 4 heteroatoms. The van der Waals surface area contributed by atoms with E-state index in [-0.39, 0.29) is 0 Å². The monoisotopic (exact) mass is 178 g/mol. The highest BCUT2D eigenvalue weighted by atomic mass is 19.3. The van der Waals surface area contributed by atoms with E-state index < -0.39 is 23.6 Å². The van der Waals surface area contributed by atoms with Crippen LogP contribution in [-0.2, 0) is 9.53 Å². The zero-order chi connectivity index (χ0) is 9.94. The Labute approximate surface area is 70.2 Å². The lowest BCUT2D eigenvalue weighted by Crippen LogP contribution is -2.24. The lowest BCUT2D eigenvalue weighted by atomic mass is 10.2. The highest BCUT2D eigenvalue weighted by Crippen LogP contribution is 2.22. The van der Waals surface area contributed by atoms with E-state index in [4.69, 9.17) is 0 Å². The van der Waals surface area contributed by atoms with E-state index in [1.807, 2.05) is 0 Å². The molecule has 12 heavy (non-hydrogen) atoms. The van der Waals surface area contributed by atoms with E-state index in [0.29, 0.717) is 6.92 Å². The predicted molar refractivity (Wildman–Crippen MR) is 41.0 cm³/mol. The summed E-state index contributed by atoms with van der Waals surface area (Å²) in [7, 11) is 0. The Balaban J connectivity index is 4.22. The zero-order valence-corrected chi connectivity index (χ0v) is 7.36. The van der Waals surface area contributed by atoms with Crippen molar-refractivity contribution in [3.05, 3.63) is 12.2 Å². The molecule has 0 N–H and O–H groups in total. The second-order valence-corrected chi connectivity index (χ2v) is 2.82. The van der Waals surface area contributed by atoms with Crippen LogP contribution in [0.5, 0.6) is 0 Å². The van der Waals surface area contributed by atoms with Crippen molar-refractivity contribution >= 4 is 5.97 Å². The molecule has 0 saturated heterocycles. The third-order valence-corrected chi connectivity index (χ3v) is 1.12. The van der Waals surface area contributed by atoms with Crippen molar-refractivity contribution in [1.29, 1.82) is 0 Å². The lowest BCUT2D eigenvalue weighted by molar-refractivity contribution is -0.145. The molecule has 0 bridgehead atoms. The fourth-order valence-corrected chi connectivity index (χ4v) is 0.464. The van der Waals surface area contributed by atoms with Crippen molar-refractivity contribution in [1.82, 2.24) is 0 Å². The number of ether oxygens (including phenoxy) is 1. The number of esters is 1. The third kappa shape index (κ3) is 3.46. The van der Waals surface area contributed by atoms with E-state index in [1.165, 1.54) is 0 Å². The number of hydrogen-bond donors (Lipinski definition) is 0. The molecule has 0 aliphatic rings. The first-order chi connectivity index (χ1) is 5.25. The van der Waals surface area contributed by atoms with E-state index in [1.54, 1.807) is 13.8 Å². The van der Waals surface area contributed by atoms with Crippen molar-refractivity contribution in [2.75, 3.05) is 0 Å². The SMILES string of the molecule is C=C(C(=O)OC(C)C)C(C)(F)F. The molecule has 0 aromatic heterocycles. The van der Waals surface area contributed by atoms with Gasteiger partial charge in [0.15, 0.2) is 0 Å². The fraction of sp³-hybridized carbons (Fsp3) is 0.625. The van der Waals surface area contributed by atoms with Gasteiger partial charge in [0.25, 0.3) is 5.92 Å². The Morgan fingerprint density at radius 1 is 1.50 bits per heavy atom. The van der Waals surface area contributed by atoms with Gasteiger partial charge in [-0.1, -0.05) is 6.58 Å². The maximum absolute atomic E-state index is 12.4. The van der Waals surface area contributed by atoms with Gasteiger partial charge in [0.05, 0.1) is 11.7 Å². The van der Waals surface area contributed by atoms with Gasteiger partial charge in [-0.25, -0.2) is 13.6 Å². The maximum atomic E-state index is 12.4. The largest absolute Gasteiger partial charge is 0.459 e. The average Bonchev–Trinajstić information content (AvgIpc) is 1.82. The summed E-state index contributed by atoms with van der Waals surface area (Å²) < 4.78 is 29.4. The van der Waals surface area contributed by atoms with Crippen LogP contribution in [0.2, 0.25) is 0 Å². The molecule has 0 atom stereocenters. The third-order valence-electron chi connectivity index (χ3n) is 1.12. The summed E-state index contributed by atoms with van der Waals surface area (Å²) in [6.07, 6.45) is -0.406. The first-order valence-electron chi connectivity index (χ1n) is 3.53. The Morgan fingerprint density at radius 3 is 2.17 bits per heavy atom. The molecule has 0 aromatic rings. The van der Waals surface area contributed by atoms with Crippen molar-refractivity contribution in [2.24, 2.45) is 0 Å². The molecule has 0 amide bonds. The number of rotatable bonds is 3. The van der Waals surface area contributed by atoms with Crippen LogP contribution in [0.1, 0.15) is 20.8 Å². The van der Waals surface area contributed by atoms with Gasteiger partial charge >= 0.3 is 5.97 Å². The minimum absolute atomic E-state index is 0.406. The standard InChI is InChI=1S/C8H12F2O2/c1-5(2)12-7(11)6(3)8(4,9)10/h5H,3H2,1-2,4H3. The lowest BCUT2D eigenvalue weighted by Gasteiger charge is -2.14. The van der Waals surface area contributed by atoms with Gasteiger partial charge < -0.3 is 4.74 Å². The molecule has 0 unspecified atom stereocenters. The van der Waals surface area contributed by atoms with Crippen LogP contribution in [0.3, 0.4) is 0 Å². The van der Waals surface area contributed by atoms with Crippen LogP contribution in [0, 0.1) is 0 Å². The highest BCUT2D eigenvalue weighted by molar-refractivity contribution is 5.89. The smallest absolute Gasteiger partial charge is 0.339 e. The zero-order valence-electron chi connectivity index (χ0n) is 7.36. The van der Waals surface area contributed by atoms with Gasteiger partial charge in [0.1, 0.15) is 0 Å². The Kier molecular flexibility index (Phi) is 3.36. The number of carbonyl (C=O) groups excluding carboxylic acids is 1. The van der Waals surface area contributed by atoms with Crippen molar-refractivity contribution in [2.45, 2.75) is 32.8 Å². The summed E-state index contributed by atoms with van der Waals surface area (Å²) in [6, 6.07) is 0. The Bertz CT molecular complexity index is 192. The minimum Gasteiger partial charge on any atom is -0.459 e. The van der Waals surface area contributed by atoms with Gasteiger partial charge in [-0.2, -0.15) is 0 Å². The maximum Gasteiger partial charge on any atom is 0.339 e. The molecule has 70 valence electrons. The van der Waals surface area contributed by atoms with Gasteiger partial charge in [-0.3, -0.25) is 0 Å². The minimum atomic E-state index is -3.20. The van der Waals surface area contributed by atoms with Gasteiger partial charge in [-0.15, -0.1) is 0 Å². The number of halogens is 2. The Hall–Kier alpha value is -0.930. The molecule has 2 nitrogen and oxygen atoms in total. The molecular weight excluding hydrogens is 166 g/mol. The van der Waals surface area contributed by atoms with Crippen molar-refractivity contribution < 1.29 is 18.3 Å². The van der Waals surface area contributed by atoms with E-state index in [0.717, 1.165) is 0 Å². The molecular formula is C8H12F2O2. The first-order valence-corrected chi connectivity index (χ1v) is 3.53. The molecule has 0 aliphatic heterocycles. The Morgan fingerprint density at radius 2 is 1.92 bits per heavy atom. The molecule has 0 fully saturated rings. The van der Waals surface area contributed by atoms with E-state index in [2.05, 4.69) is 11.3 Å². The number of carbonyl (C=O) groups is 1. The van der Waals surface area contributed by atoms with Crippen molar-refractivity contribution in [3.63, 3.8) is 0 Å². The van der Waals surface area contributed by atoms with Gasteiger partial charge in [0, 0.05) is 6.92 Å². The number of hydrogen-bond acceptors (Lipinski definition) is 2. The first kappa shape index (κ1) is 11.1. The van der Waals surface area contributed by atoms with Crippen LogP contribution in [0.25, 0.3) is 0 Å². The van der Waals surface area contributed by atoms with Crippen LogP contribution in [-0.4, -0.2) is 18.0 Å². The molecule has 0 radical (unpaired) electrons. The predicted octanol–water partition coefficient (Wildman–Crippen LogP) is 2.15. The number of alkyl halides is 2. The topological polar surface area (TPSA) is 26.3 Å². The summed E-state index contributed by atoms with van der Waals surface area (Å²) >= 11 is 0. The summed E-state index contributed by atoms with van der Waals surface area (Å²) in [5, 5.41) is 0. The van der Waals surface area contributed by atoms with E-state index >= 15 is 0 Å². The molecule has 0 heterocycles. The second kappa shape index (κ2) is 3.65. The van der Waals surface area contributed by atoms with Crippen LogP contribution < -0.4 is 0 Å². The summed E-state index contributed by atoms with van der Waals surface area (Å²) in [4.78, 5) is 10.8. The van der Waals surface area contributed by atoms with Gasteiger partial charge in [-0.05, 0) is 13.8 Å². The quantitative estimate of drug-likeness (QED) is 0.489. The average molecular weight is 178 g/mol. The summed E-state index contributed by atoms with van der Waals surface area (Å²) in [5.74, 6) is -4.25. The highest BCUT2D eigenvalue weighted by Gasteiger charge is 2.32. The summed E-state index contributed by atoms with van der Waals surface area (Å²) in [5.41, 5.74) is -0.809. The molecule has 0 aliphatic carbocycles. The van der Waals surface area contributed by atoms with Crippen LogP contribution in [0.4, 0.5) is 8.78 Å². The van der Waals surface area contributed by atoms with Gasteiger partial charge in [0.2, 0.25) is 0 Å². The van der Waals surface area contributed by atoms with Crippen molar-refractivity contribution in [3.8, 4) is 0 Å². The molecule has 0 saturated carbocycles.